The van der Waals surface area contributed by atoms with Gasteiger partial charge < -0.3 is 9.47 Å². The third kappa shape index (κ3) is 2.21. The van der Waals surface area contributed by atoms with E-state index in [0.29, 0.717) is 13.2 Å². The smallest absolute Gasteiger partial charge is 0.194 e. The second-order valence-electron chi connectivity index (χ2n) is 3.92. The topological polar surface area (TPSA) is 18.5 Å². The fraction of sp³-hybridized carbons (Fsp3) is 0.538. The van der Waals surface area contributed by atoms with Crippen LogP contribution in [0, 0.1) is 0 Å². The van der Waals surface area contributed by atoms with Gasteiger partial charge in [0.2, 0.25) is 0 Å². The van der Waals surface area contributed by atoms with Crippen LogP contribution in [0.4, 0.5) is 0 Å². The molecule has 0 spiro atoms. The third-order valence-electron chi connectivity index (χ3n) is 2.83. The Hall–Kier alpha value is -0.860. The summed E-state index contributed by atoms with van der Waals surface area (Å²) in [6.45, 7) is 3.60. The van der Waals surface area contributed by atoms with E-state index >= 15 is 0 Å². The maximum atomic E-state index is 5.81. The van der Waals surface area contributed by atoms with E-state index in [1.807, 2.05) is 18.2 Å². The second-order valence-corrected chi connectivity index (χ2v) is 3.92. The Morgan fingerprint density at radius 1 is 1.13 bits per heavy atom. The lowest BCUT2D eigenvalue weighted by Gasteiger charge is -2.27. The standard InChI is InChI=1S/C13H18O2/c1-2-3-9-13(14-10-11-15-13)12-7-5-4-6-8-12/h4-8H,2-3,9-11H2,1H3. The van der Waals surface area contributed by atoms with Gasteiger partial charge in [-0.3, -0.25) is 0 Å². The van der Waals surface area contributed by atoms with Gasteiger partial charge in [-0.25, -0.2) is 0 Å². The first kappa shape index (κ1) is 10.7. The average molecular weight is 206 g/mol. The summed E-state index contributed by atoms with van der Waals surface area (Å²) in [4.78, 5) is 0. The number of hydrogen-bond acceptors (Lipinski definition) is 2. The van der Waals surface area contributed by atoms with E-state index in [-0.39, 0.29) is 0 Å². The van der Waals surface area contributed by atoms with Gasteiger partial charge in [-0.05, 0) is 6.42 Å². The van der Waals surface area contributed by atoms with E-state index < -0.39 is 5.79 Å². The first-order chi connectivity index (χ1) is 7.37. The molecule has 2 nitrogen and oxygen atoms in total. The molecular formula is C13H18O2. The Morgan fingerprint density at radius 2 is 1.80 bits per heavy atom. The van der Waals surface area contributed by atoms with E-state index in [1.165, 1.54) is 6.42 Å². The summed E-state index contributed by atoms with van der Waals surface area (Å²) in [5, 5.41) is 0. The van der Waals surface area contributed by atoms with E-state index in [2.05, 4.69) is 19.1 Å². The van der Waals surface area contributed by atoms with Gasteiger partial charge in [-0.2, -0.15) is 0 Å². The lowest BCUT2D eigenvalue weighted by molar-refractivity contribution is -0.171. The van der Waals surface area contributed by atoms with Crippen molar-refractivity contribution in [3.63, 3.8) is 0 Å². The Bertz CT molecular complexity index is 289. The van der Waals surface area contributed by atoms with Crippen molar-refractivity contribution in [1.82, 2.24) is 0 Å². The molecule has 82 valence electrons. The maximum Gasteiger partial charge on any atom is 0.194 e. The number of benzene rings is 1. The van der Waals surface area contributed by atoms with E-state index in [9.17, 15) is 0 Å². The quantitative estimate of drug-likeness (QED) is 0.753. The van der Waals surface area contributed by atoms with Crippen LogP contribution in [0.3, 0.4) is 0 Å². The van der Waals surface area contributed by atoms with Gasteiger partial charge in [0.25, 0.3) is 0 Å². The molecule has 0 saturated carbocycles. The van der Waals surface area contributed by atoms with Crippen LogP contribution in [0.2, 0.25) is 0 Å². The molecule has 2 heteroatoms. The first-order valence-electron chi connectivity index (χ1n) is 5.71. The molecule has 0 bridgehead atoms. The molecule has 0 N–H and O–H groups in total. The molecule has 0 radical (unpaired) electrons. The summed E-state index contributed by atoms with van der Waals surface area (Å²) in [6.07, 6.45) is 3.25. The molecule has 1 fully saturated rings. The highest BCUT2D eigenvalue weighted by Gasteiger charge is 2.37. The molecule has 1 heterocycles. The van der Waals surface area contributed by atoms with Gasteiger partial charge in [0.15, 0.2) is 5.79 Å². The summed E-state index contributed by atoms with van der Waals surface area (Å²) in [5.74, 6) is -0.461. The molecule has 0 unspecified atom stereocenters. The summed E-state index contributed by atoms with van der Waals surface area (Å²) in [6, 6.07) is 10.3. The van der Waals surface area contributed by atoms with Gasteiger partial charge in [0.05, 0.1) is 13.2 Å². The Balaban J connectivity index is 2.19. The average Bonchev–Trinajstić information content (AvgIpc) is 2.78. The predicted molar refractivity (Wildman–Crippen MR) is 59.5 cm³/mol. The molecule has 1 aliphatic heterocycles. The minimum atomic E-state index is -0.461. The number of unbranched alkanes of at least 4 members (excludes halogenated alkanes) is 1. The molecule has 1 aliphatic rings. The summed E-state index contributed by atoms with van der Waals surface area (Å²) >= 11 is 0. The number of hydrogen-bond donors (Lipinski definition) is 0. The van der Waals surface area contributed by atoms with Crippen LogP contribution in [0.5, 0.6) is 0 Å². The Labute approximate surface area is 91.2 Å². The van der Waals surface area contributed by atoms with E-state index in [1.54, 1.807) is 0 Å². The molecule has 2 rings (SSSR count). The number of ether oxygens (including phenoxy) is 2. The molecule has 0 aromatic heterocycles. The minimum Gasteiger partial charge on any atom is -0.343 e. The zero-order valence-corrected chi connectivity index (χ0v) is 9.24. The van der Waals surface area contributed by atoms with Crippen LogP contribution in [-0.2, 0) is 15.3 Å². The Kier molecular flexibility index (Phi) is 3.39. The van der Waals surface area contributed by atoms with Gasteiger partial charge in [-0.1, -0.05) is 43.7 Å². The van der Waals surface area contributed by atoms with Crippen molar-refractivity contribution >= 4 is 0 Å². The van der Waals surface area contributed by atoms with E-state index in [4.69, 9.17) is 9.47 Å². The maximum absolute atomic E-state index is 5.81. The largest absolute Gasteiger partial charge is 0.343 e. The molecular weight excluding hydrogens is 188 g/mol. The molecule has 0 amide bonds. The van der Waals surface area contributed by atoms with Crippen molar-refractivity contribution in [2.24, 2.45) is 0 Å². The van der Waals surface area contributed by atoms with E-state index in [0.717, 1.165) is 18.4 Å². The van der Waals surface area contributed by atoms with Crippen LogP contribution < -0.4 is 0 Å². The van der Waals surface area contributed by atoms with Gasteiger partial charge >= 0.3 is 0 Å². The van der Waals surface area contributed by atoms with Crippen LogP contribution in [-0.4, -0.2) is 13.2 Å². The van der Waals surface area contributed by atoms with Gasteiger partial charge in [-0.15, -0.1) is 0 Å². The lowest BCUT2D eigenvalue weighted by atomic mass is 10.00. The normalized spacial score (nSPS) is 19.3. The van der Waals surface area contributed by atoms with Crippen LogP contribution in [0.15, 0.2) is 30.3 Å². The fourth-order valence-corrected chi connectivity index (χ4v) is 2.01. The zero-order chi connectivity index (χ0) is 10.6. The fourth-order valence-electron chi connectivity index (χ4n) is 2.01. The summed E-state index contributed by atoms with van der Waals surface area (Å²) < 4.78 is 11.6. The monoisotopic (exact) mass is 206 g/mol. The van der Waals surface area contributed by atoms with Crippen molar-refractivity contribution in [2.75, 3.05) is 13.2 Å². The van der Waals surface area contributed by atoms with Crippen molar-refractivity contribution in [3.8, 4) is 0 Å². The highest BCUT2D eigenvalue weighted by molar-refractivity contribution is 5.20. The molecule has 1 aromatic carbocycles. The van der Waals surface area contributed by atoms with Crippen molar-refractivity contribution in [1.29, 1.82) is 0 Å². The molecule has 0 atom stereocenters. The predicted octanol–water partition coefficient (Wildman–Crippen LogP) is 3.08. The zero-order valence-electron chi connectivity index (χ0n) is 9.24. The van der Waals surface area contributed by atoms with Crippen molar-refractivity contribution in [2.45, 2.75) is 32.0 Å². The summed E-state index contributed by atoms with van der Waals surface area (Å²) in [5.41, 5.74) is 1.15. The van der Waals surface area contributed by atoms with Gasteiger partial charge in [0, 0.05) is 12.0 Å². The number of rotatable bonds is 4. The summed E-state index contributed by atoms with van der Waals surface area (Å²) in [7, 11) is 0. The van der Waals surface area contributed by atoms with Gasteiger partial charge in [0.1, 0.15) is 0 Å². The van der Waals surface area contributed by atoms with Crippen LogP contribution >= 0.6 is 0 Å². The molecule has 15 heavy (non-hydrogen) atoms. The molecule has 0 aliphatic carbocycles. The Morgan fingerprint density at radius 3 is 2.40 bits per heavy atom. The molecule has 1 saturated heterocycles. The molecule has 1 aromatic rings. The lowest BCUT2D eigenvalue weighted by Crippen LogP contribution is -2.26. The van der Waals surface area contributed by atoms with Crippen LogP contribution in [0.25, 0.3) is 0 Å². The first-order valence-corrected chi connectivity index (χ1v) is 5.71. The van der Waals surface area contributed by atoms with Crippen molar-refractivity contribution < 1.29 is 9.47 Å². The highest BCUT2D eigenvalue weighted by Crippen LogP contribution is 2.36. The second kappa shape index (κ2) is 4.77. The SMILES string of the molecule is CCCCC1(c2ccccc2)OCCO1. The highest BCUT2D eigenvalue weighted by atomic mass is 16.7. The third-order valence-corrected chi connectivity index (χ3v) is 2.83. The van der Waals surface area contributed by atoms with Crippen molar-refractivity contribution in [3.05, 3.63) is 35.9 Å². The van der Waals surface area contributed by atoms with Crippen LogP contribution in [0.1, 0.15) is 31.7 Å². The minimum absolute atomic E-state index is 0.461.